The number of thioether (sulfide) groups is 1. The van der Waals surface area contributed by atoms with Crippen LogP contribution < -0.4 is 14.8 Å². The fourth-order valence-electron chi connectivity index (χ4n) is 2.51. The Balaban J connectivity index is 1.65. The van der Waals surface area contributed by atoms with Crippen molar-refractivity contribution in [3.63, 3.8) is 0 Å². The second kappa shape index (κ2) is 8.90. The van der Waals surface area contributed by atoms with E-state index in [0.29, 0.717) is 20.7 Å². The van der Waals surface area contributed by atoms with Gasteiger partial charge >= 0.3 is 0 Å². The van der Waals surface area contributed by atoms with E-state index < -0.39 is 0 Å². The van der Waals surface area contributed by atoms with Crippen LogP contribution in [-0.4, -0.2) is 41.8 Å². The minimum Gasteiger partial charge on any atom is -0.497 e. The number of benzene rings is 2. The first-order chi connectivity index (χ1) is 13.5. The molecule has 1 fully saturated rings. The summed E-state index contributed by atoms with van der Waals surface area (Å²) >= 11 is 6.46. The number of nitrogens with one attached hydrogen (secondary N) is 1. The normalized spacial score (nSPS) is 15.1. The zero-order chi connectivity index (χ0) is 20.1. The topological polar surface area (TPSA) is 67.9 Å². The first-order valence-electron chi connectivity index (χ1n) is 8.33. The molecular formula is C20H18N2O4S2. The molecule has 0 aromatic heterocycles. The molecule has 144 valence electrons. The van der Waals surface area contributed by atoms with E-state index in [-0.39, 0.29) is 18.4 Å². The highest BCUT2D eigenvalue weighted by Gasteiger charge is 2.33. The number of amides is 2. The predicted octanol–water partition coefficient (Wildman–Crippen LogP) is 3.54. The summed E-state index contributed by atoms with van der Waals surface area (Å²) in [6.45, 7) is -0.142. The molecule has 0 unspecified atom stereocenters. The minimum atomic E-state index is -0.327. The van der Waals surface area contributed by atoms with Gasteiger partial charge in [0.05, 0.1) is 19.1 Å². The third-order valence-corrected chi connectivity index (χ3v) is 5.34. The number of carbonyl (C=O) groups excluding carboxylic acids is 2. The van der Waals surface area contributed by atoms with E-state index in [1.54, 1.807) is 44.6 Å². The highest BCUT2D eigenvalue weighted by molar-refractivity contribution is 8.26. The summed E-state index contributed by atoms with van der Waals surface area (Å²) in [7, 11) is 3.17. The molecule has 8 heteroatoms. The lowest BCUT2D eigenvalue weighted by atomic mass is 10.2. The van der Waals surface area contributed by atoms with Crippen molar-refractivity contribution in [1.29, 1.82) is 0 Å². The maximum absolute atomic E-state index is 12.6. The van der Waals surface area contributed by atoms with Gasteiger partial charge in [-0.3, -0.25) is 14.5 Å². The van der Waals surface area contributed by atoms with Crippen molar-refractivity contribution in [2.24, 2.45) is 0 Å². The summed E-state index contributed by atoms with van der Waals surface area (Å²) in [4.78, 5) is 26.7. The molecule has 3 rings (SSSR count). The van der Waals surface area contributed by atoms with E-state index in [4.69, 9.17) is 21.7 Å². The molecule has 1 heterocycles. The summed E-state index contributed by atoms with van der Waals surface area (Å²) in [5.74, 6) is 0.821. The molecule has 0 bridgehead atoms. The van der Waals surface area contributed by atoms with Gasteiger partial charge in [0.2, 0.25) is 5.91 Å². The summed E-state index contributed by atoms with van der Waals surface area (Å²) < 4.78 is 10.6. The maximum Gasteiger partial charge on any atom is 0.266 e. The first-order valence-corrected chi connectivity index (χ1v) is 9.56. The number of ether oxygens (including phenoxy) is 2. The standard InChI is InChI=1S/C20H18N2O4S2/c1-25-15-7-3-13(4-8-15)11-17-19(24)22(20(27)28-17)12-18(23)21-14-5-9-16(26-2)10-6-14/h3-11H,12H2,1-2H3,(H,21,23)/b17-11-. The van der Waals surface area contributed by atoms with Gasteiger partial charge in [0, 0.05) is 5.69 Å². The number of rotatable bonds is 6. The Bertz CT molecular complexity index is 924. The third-order valence-electron chi connectivity index (χ3n) is 3.96. The molecular weight excluding hydrogens is 396 g/mol. The third kappa shape index (κ3) is 4.71. The molecule has 1 aliphatic rings. The summed E-state index contributed by atoms with van der Waals surface area (Å²) in [6.07, 6.45) is 1.75. The molecule has 1 saturated heterocycles. The lowest BCUT2D eigenvalue weighted by molar-refractivity contribution is -0.126. The van der Waals surface area contributed by atoms with Gasteiger partial charge in [0.15, 0.2) is 0 Å². The lowest BCUT2D eigenvalue weighted by Crippen LogP contribution is -2.36. The largest absolute Gasteiger partial charge is 0.497 e. The van der Waals surface area contributed by atoms with E-state index in [2.05, 4.69) is 5.32 Å². The van der Waals surface area contributed by atoms with Crippen LogP contribution >= 0.6 is 24.0 Å². The molecule has 2 aromatic rings. The molecule has 2 aromatic carbocycles. The van der Waals surface area contributed by atoms with Crippen LogP contribution in [-0.2, 0) is 9.59 Å². The molecule has 2 amide bonds. The number of methoxy groups -OCH3 is 2. The Hall–Kier alpha value is -2.84. The van der Waals surface area contributed by atoms with E-state index in [1.807, 2.05) is 24.3 Å². The zero-order valence-electron chi connectivity index (χ0n) is 15.3. The fraction of sp³-hybridized carbons (Fsp3) is 0.150. The van der Waals surface area contributed by atoms with E-state index in [9.17, 15) is 9.59 Å². The van der Waals surface area contributed by atoms with Crippen LogP contribution in [0.15, 0.2) is 53.4 Å². The number of thiocarbonyl (C=S) groups is 1. The number of carbonyl (C=O) groups is 2. The Morgan fingerprint density at radius 1 is 1.07 bits per heavy atom. The fourth-order valence-corrected chi connectivity index (χ4v) is 3.76. The van der Waals surface area contributed by atoms with Crippen LogP contribution in [0, 0.1) is 0 Å². The Morgan fingerprint density at radius 2 is 1.64 bits per heavy atom. The van der Waals surface area contributed by atoms with Gasteiger partial charge in [-0.05, 0) is 48.0 Å². The number of hydrogen-bond acceptors (Lipinski definition) is 6. The van der Waals surface area contributed by atoms with Crippen molar-refractivity contribution >= 4 is 51.9 Å². The highest BCUT2D eigenvalue weighted by Crippen LogP contribution is 2.32. The minimum absolute atomic E-state index is 0.142. The first kappa shape index (κ1) is 19.9. The van der Waals surface area contributed by atoms with Crippen molar-refractivity contribution in [1.82, 2.24) is 4.90 Å². The Labute approximate surface area is 172 Å². The van der Waals surface area contributed by atoms with Crippen molar-refractivity contribution in [2.45, 2.75) is 0 Å². The van der Waals surface area contributed by atoms with E-state index in [0.717, 1.165) is 11.3 Å². The number of hydrogen-bond donors (Lipinski definition) is 1. The van der Waals surface area contributed by atoms with Crippen LogP contribution in [0.3, 0.4) is 0 Å². The van der Waals surface area contributed by atoms with Crippen molar-refractivity contribution in [3.8, 4) is 11.5 Å². The molecule has 1 aliphatic heterocycles. The van der Waals surface area contributed by atoms with Crippen molar-refractivity contribution in [2.75, 3.05) is 26.1 Å². The van der Waals surface area contributed by atoms with Gasteiger partial charge in [-0.15, -0.1) is 0 Å². The number of nitrogens with zero attached hydrogens (tertiary/aromatic N) is 1. The van der Waals surface area contributed by atoms with Crippen LogP contribution in [0.1, 0.15) is 5.56 Å². The van der Waals surface area contributed by atoms with E-state index >= 15 is 0 Å². The summed E-state index contributed by atoms with van der Waals surface area (Å²) in [5.41, 5.74) is 1.47. The predicted molar refractivity (Wildman–Crippen MR) is 114 cm³/mol. The zero-order valence-corrected chi connectivity index (χ0v) is 16.9. The summed E-state index contributed by atoms with van der Waals surface area (Å²) in [5, 5.41) is 2.75. The molecule has 0 saturated carbocycles. The molecule has 0 radical (unpaired) electrons. The molecule has 0 atom stereocenters. The van der Waals surface area contributed by atoms with Gasteiger partial charge in [-0.25, -0.2) is 0 Å². The average molecular weight is 415 g/mol. The molecule has 0 aliphatic carbocycles. The van der Waals surface area contributed by atoms with Gasteiger partial charge < -0.3 is 14.8 Å². The highest BCUT2D eigenvalue weighted by atomic mass is 32.2. The molecule has 0 spiro atoms. The molecule has 1 N–H and O–H groups in total. The summed E-state index contributed by atoms with van der Waals surface area (Å²) in [6, 6.07) is 14.3. The maximum atomic E-state index is 12.6. The Kier molecular flexibility index (Phi) is 6.33. The average Bonchev–Trinajstić information content (AvgIpc) is 2.96. The smallest absolute Gasteiger partial charge is 0.266 e. The van der Waals surface area contributed by atoms with Crippen LogP contribution in [0.25, 0.3) is 6.08 Å². The van der Waals surface area contributed by atoms with Crippen molar-refractivity contribution in [3.05, 3.63) is 59.0 Å². The van der Waals surface area contributed by atoms with Gasteiger partial charge in [-0.1, -0.05) is 36.1 Å². The lowest BCUT2D eigenvalue weighted by Gasteiger charge is -2.14. The molecule has 28 heavy (non-hydrogen) atoms. The van der Waals surface area contributed by atoms with E-state index in [1.165, 1.54) is 16.7 Å². The van der Waals surface area contributed by atoms with Crippen molar-refractivity contribution < 1.29 is 19.1 Å². The Morgan fingerprint density at radius 3 is 2.21 bits per heavy atom. The second-order valence-electron chi connectivity index (χ2n) is 5.82. The van der Waals surface area contributed by atoms with Crippen LogP contribution in [0.2, 0.25) is 0 Å². The van der Waals surface area contributed by atoms with Crippen LogP contribution in [0.5, 0.6) is 11.5 Å². The SMILES string of the molecule is COc1ccc(/C=C2\SC(=S)N(CC(=O)Nc3ccc(OC)cc3)C2=O)cc1. The second-order valence-corrected chi connectivity index (χ2v) is 7.49. The van der Waals surface area contributed by atoms with Gasteiger partial charge in [-0.2, -0.15) is 0 Å². The monoisotopic (exact) mass is 414 g/mol. The van der Waals surface area contributed by atoms with Gasteiger partial charge in [0.25, 0.3) is 5.91 Å². The quantitative estimate of drug-likeness (QED) is 0.576. The van der Waals surface area contributed by atoms with Crippen LogP contribution in [0.4, 0.5) is 5.69 Å². The van der Waals surface area contributed by atoms with Gasteiger partial charge in [0.1, 0.15) is 22.4 Å². The molecule has 6 nitrogen and oxygen atoms in total. The number of anilines is 1.